The summed E-state index contributed by atoms with van der Waals surface area (Å²) in [6, 6.07) is 7.70. The number of nitrogens with one attached hydrogen (secondary N) is 2. The third-order valence-electron chi connectivity index (χ3n) is 4.05. The maximum absolute atomic E-state index is 13.4. The zero-order valence-electron chi connectivity index (χ0n) is 13.2. The van der Waals surface area contributed by atoms with Crippen LogP contribution in [0.5, 0.6) is 0 Å². The van der Waals surface area contributed by atoms with Crippen LogP contribution in [0, 0.1) is 19.7 Å². The number of halogens is 2. The van der Waals surface area contributed by atoms with E-state index in [0.29, 0.717) is 22.0 Å². The topological polar surface area (TPSA) is 58.2 Å². The van der Waals surface area contributed by atoms with Gasteiger partial charge in [0.2, 0.25) is 11.8 Å². The van der Waals surface area contributed by atoms with Crippen LogP contribution in [-0.4, -0.2) is 11.8 Å². The lowest BCUT2D eigenvalue weighted by molar-refractivity contribution is -0.123. The second-order valence-corrected chi connectivity index (χ2v) is 6.37. The van der Waals surface area contributed by atoms with E-state index in [1.807, 2.05) is 19.9 Å². The second kappa shape index (κ2) is 6.24. The summed E-state index contributed by atoms with van der Waals surface area (Å²) in [5.41, 5.74) is 3.29. The molecule has 4 nitrogen and oxygen atoms in total. The minimum absolute atomic E-state index is 0.00694. The number of hydrogen-bond acceptors (Lipinski definition) is 2. The molecule has 2 N–H and O–H groups in total. The second-order valence-electron chi connectivity index (χ2n) is 5.96. The van der Waals surface area contributed by atoms with Gasteiger partial charge in [0.05, 0.1) is 16.6 Å². The Morgan fingerprint density at radius 2 is 2.04 bits per heavy atom. The first-order chi connectivity index (χ1) is 11.3. The van der Waals surface area contributed by atoms with E-state index in [1.54, 1.807) is 6.07 Å². The summed E-state index contributed by atoms with van der Waals surface area (Å²) < 4.78 is 13.4. The van der Waals surface area contributed by atoms with Gasteiger partial charge in [0.1, 0.15) is 5.82 Å². The van der Waals surface area contributed by atoms with Crippen LogP contribution >= 0.6 is 11.6 Å². The molecule has 2 aromatic rings. The molecule has 2 amide bonds. The Balaban J connectivity index is 1.93. The Morgan fingerprint density at radius 3 is 2.75 bits per heavy atom. The molecule has 1 aliphatic heterocycles. The first-order valence-corrected chi connectivity index (χ1v) is 7.90. The number of hydrogen-bond donors (Lipinski definition) is 2. The van der Waals surface area contributed by atoms with Crippen LogP contribution in [-0.2, 0) is 9.59 Å². The number of fused-ring (bicyclic) bond motifs is 1. The maximum Gasteiger partial charge on any atom is 0.232 e. The zero-order valence-corrected chi connectivity index (χ0v) is 14.0. The summed E-state index contributed by atoms with van der Waals surface area (Å²) in [4.78, 5) is 24.5. The van der Waals surface area contributed by atoms with E-state index >= 15 is 0 Å². The summed E-state index contributed by atoms with van der Waals surface area (Å²) in [6.07, 6.45) is 0.00694. The fraction of sp³-hybridized carbons (Fsp3) is 0.222. The largest absolute Gasteiger partial charge is 0.326 e. The molecule has 124 valence electrons. The molecular weight excluding hydrogens is 331 g/mol. The predicted molar refractivity (Wildman–Crippen MR) is 91.9 cm³/mol. The van der Waals surface area contributed by atoms with Gasteiger partial charge in [-0.1, -0.05) is 23.7 Å². The lowest BCUT2D eigenvalue weighted by Gasteiger charge is -2.25. The van der Waals surface area contributed by atoms with Crippen LogP contribution < -0.4 is 10.6 Å². The average molecular weight is 347 g/mol. The van der Waals surface area contributed by atoms with Crippen molar-refractivity contribution in [1.29, 1.82) is 0 Å². The smallest absolute Gasteiger partial charge is 0.232 e. The van der Waals surface area contributed by atoms with Gasteiger partial charge in [-0.05, 0) is 48.7 Å². The first kappa shape index (κ1) is 16.5. The molecule has 1 unspecified atom stereocenters. The Kier molecular flexibility index (Phi) is 4.28. The Hall–Kier alpha value is -2.40. The number of anilines is 2. The monoisotopic (exact) mass is 346 g/mol. The van der Waals surface area contributed by atoms with Gasteiger partial charge in [0.25, 0.3) is 0 Å². The normalized spacial score (nSPS) is 16.3. The SMILES string of the molecule is Cc1cc(C)c(NC(=O)C2CC(=O)Nc3cc(F)ccc32)c(Cl)c1. The standard InChI is InChI=1S/C18H16ClFN2O2/c1-9-5-10(2)17(14(19)6-9)22-18(24)13-8-16(23)21-15-7-11(20)3-4-12(13)15/h3-7,13H,8H2,1-2H3,(H,21,23)(H,22,24). The van der Waals surface area contributed by atoms with E-state index in [2.05, 4.69) is 10.6 Å². The zero-order chi connectivity index (χ0) is 17.4. The van der Waals surface area contributed by atoms with Crippen LogP contribution in [0.1, 0.15) is 29.0 Å². The van der Waals surface area contributed by atoms with Gasteiger partial charge in [-0.25, -0.2) is 4.39 Å². The number of carbonyl (C=O) groups excluding carboxylic acids is 2. The lowest BCUT2D eigenvalue weighted by Crippen LogP contribution is -2.31. The van der Waals surface area contributed by atoms with Gasteiger partial charge in [0, 0.05) is 12.1 Å². The van der Waals surface area contributed by atoms with Crippen LogP contribution in [0.25, 0.3) is 0 Å². The molecular formula is C18H16ClFN2O2. The molecule has 0 aliphatic carbocycles. The van der Waals surface area contributed by atoms with E-state index in [1.165, 1.54) is 18.2 Å². The molecule has 0 aromatic heterocycles. The van der Waals surface area contributed by atoms with Gasteiger partial charge >= 0.3 is 0 Å². The molecule has 6 heteroatoms. The van der Waals surface area contributed by atoms with Crippen LogP contribution in [0.4, 0.5) is 15.8 Å². The van der Waals surface area contributed by atoms with Gasteiger partial charge < -0.3 is 10.6 Å². The maximum atomic E-state index is 13.4. The molecule has 1 atom stereocenters. The molecule has 0 fully saturated rings. The van der Waals surface area contributed by atoms with Gasteiger partial charge in [-0.3, -0.25) is 9.59 Å². The predicted octanol–water partition coefficient (Wildman–Crippen LogP) is 4.16. The highest BCUT2D eigenvalue weighted by molar-refractivity contribution is 6.34. The lowest BCUT2D eigenvalue weighted by atomic mass is 9.89. The molecule has 1 heterocycles. The number of rotatable bonds is 2. The van der Waals surface area contributed by atoms with Gasteiger partial charge in [-0.2, -0.15) is 0 Å². The Labute approximate surface area is 144 Å². The van der Waals surface area contributed by atoms with Gasteiger partial charge in [0.15, 0.2) is 0 Å². The number of benzene rings is 2. The minimum atomic E-state index is -0.689. The van der Waals surface area contributed by atoms with E-state index in [0.717, 1.165) is 11.1 Å². The number of aryl methyl sites for hydroxylation is 2. The molecule has 2 aromatic carbocycles. The molecule has 0 bridgehead atoms. The van der Waals surface area contributed by atoms with Crippen molar-refractivity contribution in [2.45, 2.75) is 26.2 Å². The fourth-order valence-corrected chi connectivity index (χ4v) is 3.32. The van der Waals surface area contributed by atoms with Crippen molar-refractivity contribution in [1.82, 2.24) is 0 Å². The van der Waals surface area contributed by atoms with Crippen LogP contribution in [0.2, 0.25) is 5.02 Å². The average Bonchev–Trinajstić information content (AvgIpc) is 2.49. The minimum Gasteiger partial charge on any atom is -0.326 e. The molecule has 1 aliphatic rings. The first-order valence-electron chi connectivity index (χ1n) is 7.52. The third kappa shape index (κ3) is 3.12. The van der Waals surface area contributed by atoms with E-state index < -0.39 is 11.7 Å². The quantitative estimate of drug-likeness (QED) is 0.857. The summed E-state index contributed by atoms with van der Waals surface area (Å²) in [5.74, 6) is -1.81. The van der Waals surface area contributed by atoms with Crippen LogP contribution in [0.3, 0.4) is 0 Å². The van der Waals surface area contributed by atoms with Crippen molar-refractivity contribution in [3.05, 3.63) is 57.9 Å². The van der Waals surface area contributed by atoms with Crippen LogP contribution in [0.15, 0.2) is 30.3 Å². The van der Waals surface area contributed by atoms with Crippen molar-refractivity contribution in [2.75, 3.05) is 10.6 Å². The summed E-state index contributed by atoms with van der Waals surface area (Å²) >= 11 is 6.22. The molecule has 0 radical (unpaired) electrons. The highest BCUT2D eigenvalue weighted by atomic mass is 35.5. The number of amides is 2. The van der Waals surface area contributed by atoms with Crippen molar-refractivity contribution >= 4 is 34.8 Å². The van der Waals surface area contributed by atoms with Crippen molar-refractivity contribution < 1.29 is 14.0 Å². The fourth-order valence-electron chi connectivity index (χ4n) is 2.96. The molecule has 3 rings (SSSR count). The highest BCUT2D eigenvalue weighted by Crippen LogP contribution is 2.35. The summed E-state index contributed by atoms with van der Waals surface area (Å²) in [6.45, 7) is 3.77. The molecule has 0 saturated heterocycles. The van der Waals surface area contributed by atoms with Gasteiger partial charge in [-0.15, -0.1) is 0 Å². The summed E-state index contributed by atoms with van der Waals surface area (Å²) in [5, 5.41) is 5.85. The highest BCUT2D eigenvalue weighted by Gasteiger charge is 2.31. The Bertz CT molecular complexity index is 828. The number of carbonyl (C=O) groups is 2. The van der Waals surface area contributed by atoms with E-state index in [9.17, 15) is 14.0 Å². The van der Waals surface area contributed by atoms with Crippen molar-refractivity contribution in [2.24, 2.45) is 0 Å². The van der Waals surface area contributed by atoms with Crippen molar-refractivity contribution in [3.63, 3.8) is 0 Å². The molecule has 0 saturated carbocycles. The molecule has 24 heavy (non-hydrogen) atoms. The van der Waals surface area contributed by atoms with E-state index in [-0.39, 0.29) is 18.2 Å². The molecule has 0 spiro atoms. The summed E-state index contributed by atoms with van der Waals surface area (Å²) in [7, 11) is 0. The van der Waals surface area contributed by atoms with Crippen molar-refractivity contribution in [3.8, 4) is 0 Å². The van der Waals surface area contributed by atoms with E-state index in [4.69, 9.17) is 11.6 Å². The third-order valence-corrected chi connectivity index (χ3v) is 4.35. The Morgan fingerprint density at radius 1 is 1.29 bits per heavy atom.